The highest BCUT2D eigenvalue weighted by atomic mass is 19.2. The van der Waals surface area contributed by atoms with Crippen LogP contribution in [0.1, 0.15) is 24.4 Å². The smallest absolute Gasteiger partial charge is 0.329 e. The number of nitrogens with zero attached hydrogens (tertiary/aromatic N) is 4. The maximum atomic E-state index is 14.0. The van der Waals surface area contributed by atoms with Crippen LogP contribution >= 0.6 is 0 Å². The molecule has 0 unspecified atom stereocenters. The second-order valence-corrected chi connectivity index (χ2v) is 5.85. The number of fused-ring (bicyclic) bond motifs is 1. The molecular formula is C17H12F2N6O3. The minimum Gasteiger partial charge on any atom is -0.346 e. The Bertz CT molecular complexity index is 1230. The summed E-state index contributed by atoms with van der Waals surface area (Å²) in [6, 6.07) is 5.92. The van der Waals surface area contributed by atoms with Gasteiger partial charge >= 0.3 is 5.69 Å². The summed E-state index contributed by atoms with van der Waals surface area (Å²) in [5, 5.41) is 18.0. The van der Waals surface area contributed by atoms with Gasteiger partial charge in [-0.05, 0) is 31.2 Å². The standard InChI is InChI=1S/C17H12F2N6O3/c1-8(11-4-2-9(6-20)23-24-11)21-13(26)7-25-16(27)14-12(22-17(25)28)5-3-10(18)15(14)19/h2-5,8H,7H2,1H3,(H,21,26)(H,22,28)/t8-/m1/s1. The Balaban J connectivity index is 1.86. The maximum Gasteiger partial charge on any atom is 0.329 e. The van der Waals surface area contributed by atoms with Crippen LogP contribution in [0.15, 0.2) is 33.9 Å². The average Bonchev–Trinajstić information content (AvgIpc) is 2.68. The molecule has 2 N–H and O–H groups in total. The van der Waals surface area contributed by atoms with Gasteiger partial charge in [0.25, 0.3) is 5.56 Å². The van der Waals surface area contributed by atoms with Gasteiger partial charge in [0.1, 0.15) is 18.0 Å². The number of amides is 1. The van der Waals surface area contributed by atoms with E-state index in [1.165, 1.54) is 12.1 Å². The topological polar surface area (TPSA) is 134 Å². The first-order valence-corrected chi connectivity index (χ1v) is 7.95. The molecule has 0 saturated heterocycles. The zero-order chi connectivity index (χ0) is 20.4. The molecule has 3 aromatic rings. The summed E-state index contributed by atoms with van der Waals surface area (Å²) in [7, 11) is 0. The zero-order valence-electron chi connectivity index (χ0n) is 14.4. The van der Waals surface area contributed by atoms with Crippen molar-refractivity contribution in [3.05, 3.63) is 68.1 Å². The van der Waals surface area contributed by atoms with Crippen LogP contribution in [0.25, 0.3) is 10.9 Å². The molecule has 11 heteroatoms. The number of halogens is 2. The molecule has 0 radical (unpaired) electrons. The lowest BCUT2D eigenvalue weighted by Gasteiger charge is -2.13. The molecule has 9 nitrogen and oxygen atoms in total. The largest absolute Gasteiger partial charge is 0.346 e. The number of benzene rings is 1. The first kappa shape index (κ1) is 18.8. The second kappa shape index (κ2) is 7.36. The highest BCUT2D eigenvalue weighted by Gasteiger charge is 2.18. The lowest BCUT2D eigenvalue weighted by Crippen LogP contribution is -2.41. The normalized spacial score (nSPS) is 11.8. The monoisotopic (exact) mass is 386 g/mol. The number of carbonyl (C=O) groups excluding carboxylic acids is 1. The molecule has 0 bridgehead atoms. The highest BCUT2D eigenvalue weighted by Crippen LogP contribution is 2.14. The van der Waals surface area contributed by atoms with E-state index in [1.807, 2.05) is 6.07 Å². The van der Waals surface area contributed by atoms with Crippen molar-refractivity contribution >= 4 is 16.8 Å². The Morgan fingerprint density at radius 2 is 2.04 bits per heavy atom. The predicted molar refractivity (Wildman–Crippen MR) is 92.0 cm³/mol. The van der Waals surface area contributed by atoms with E-state index in [2.05, 4.69) is 20.5 Å². The fraction of sp³-hybridized carbons (Fsp3) is 0.176. The van der Waals surface area contributed by atoms with Crippen LogP contribution in [-0.2, 0) is 11.3 Å². The summed E-state index contributed by atoms with van der Waals surface area (Å²) in [6.45, 7) is 0.866. The van der Waals surface area contributed by atoms with Gasteiger partial charge in [-0.1, -0.05) is 0 Å². The third-order valence-corrected chi connectivity index (χ3v) is 3.96. The highest BCUT2D eigenvalue weighted by molar-refractivity contribution is 5.79. The van der Waals surface area contributed by atoms with Gasteiger partial charge in [-0.2, -0.15) is 10.4 Å². The summed E-state index contributed by atoms with van der Waals surface area (Å²) < 4.78 is 27.8. The van der Waals surface area contributed by atoms with Crippen molar-refractivity contribution in [2.75, 3.05) is 0 Å². The molecule has 0 fully saturated rings. The molecule has 28 heavy (non-hydrogen) atoms. The van der Waals surface area contributed by atoms with Crippen molar-refractivity contribution in [1.82, 2.24) is 25.1 Å². The molecule has 1 aromatic carbocycles. The fourth-order valence-electron chi connectivity index (χ4n) is 2.56. The number of nitriles is 1. The van der Waals surface area contributed by atoms with Gasteiger partial charge in [0.2, 0.25) is 5.91 Å². The molecule has 0 spiro atoms. The van der Waals surface area contributed by atoms with Crippen LogP contribution in [0.4, 0.5) is 8.78 Å². The fourth-order valence-corrected chi connectivity index (χ4v) is 2.56. The van der Waals surface area contributed by atoms with Gasteiger partial charge in [0, 0.05) is 0 Å². The van der Waals surface area contributed by atoms with Crippen molar-refractivity contribution in [3.8, 4) is 6.07 Å². The number of carbonyl (C=O) groups is 1. The summed E-state index contributed by atoms with van der Waals surface area (Å²) in [5.41, 5.74) is -1.79. The van der Waals surface area contributed by atoms with Crippen molar-refractivity contribution < 1.29 is 13.6 Å². The van der Waals surface area contributed by atoms with Crippen molar-refractivity contribution in [1.29, 1.82) is 5.26 Å². The van der Waals surface area contributed by atoms with Gasteiger partial charge in [0.05, 0.1) is 17.3 Å². The van der Waals surface area contributed by atoms with Crippen LogP contribution in [0, 0.1) is 23.0 Å². The van der Waals surface area contributed by atoms with Crippen LogP contribution < -0.4 is 16.6 Å². The number of aromatic amines is 1. The maximum absolute atomic E-state index is 14.0. The van der Waals surface area contributed by atoms with E-state index < -0.39 is 46.8 Å². The van der Waals surface area contributed by atoms with Gasteiger partial charge < -0.3 is 10.3 Å². The van der Waals surface area contributed by atoms with Crippen molar-refractivity contribution in [2.45, 2.75) is 19.5 Å². The summed E-state index contributed by atoms with van der Waals surface area (Å²) in [4.78, 5) is 38.9. The first-order chi connectivity index (χ1) is 13.3. The second-order valence-electron chi connectivity index (χ2n) is 5.85. The summed E-state index contributed by atoms with van der Waals surface area (Å²) in [5.74, 6) is -3.39. The van der Waals surface area contributed by atoms with E-state index in [9.17, 15) is 23.2 Å². The molecule has 2 heterocycles. The quantitative estimate of drug-likeness (QED) is 0.671. The molecule has 0 saturated carbocycles. The Kier molecular flexibility index (Phi) is 4.95. The van der Waals surface area contributed by atoms with Gasteiger partial charge in [-0.15, -0.1) is 5.10 Å². The zero-order valence-corrected chi connectivity index (χ0v) is 14.4. The number of hydrogen-bond donors (Lipinski definition) is 2. The molecule has 1 atom stereocenters. The Morgan fingerprint density at radius 3 is 2.68 bits per heavy atom. The van der Waals surface area contributed by atoms with Crippen LogP contribution in [0.5, 0.6) is 0 Å². The van der Waals surface area contributed by atoms with E-state index in [1.54, 1.807) is 6.92 Å². The van der Waals surface area contributed by atoms with Gasteiger partial charge in [-0.25, -0.2) is 13.6 Å². The van der Waals surface area contributed by atoms with Gasteiger partial charge in [-0.3, -0.25) is 14.2 Å². The Labute approximate surface area is 155 Å². The van der Waals surface area contributed by atoms with E-state index in [0.29, 0.717) is 10.3 Å². The van der Waals surface area contributed by atoms with Crippen LogP contribution in [0.3, 0.4) is 0 Å². The minimum atomic E-state index is -1.41. The molecule has 0 aliphatic carbocycles. The minimum absolute atomic E-state index is 0.103. The third-order valence-electron chi connectivity index (χ3n) is 3.96. The van der Waals surface area contributed by atoms with Crippen molar-refractivity contribution in [3.63, 3.8) is 0 Å². The Hall–Kier alpha value is -3.94. The first-order valence-electron chi connectivity index (χ1n) is 7.95. The number of H-pyrrole nitrogens is 1. The molecule has 3 rings (SSSR count). The molecular weight excluding hydrogens is 374 g/mol. The van der Waals surface area contributed by atoms with E-state index in [-0.39, 0.29) is 11.2 Å². The average molecular weight is 386 g/mol. The van der Waals surface area contributed by atoms with Crippen molar-refractivity contribution in [2.24, 2.45) is 0 Å². The molecule has 0 aliphatic rings. The summed E-state index contributed by atoms with van der Waals surface area (Å²) >= 11 is 0. The number of rotatable bonds is 4. The molecule has 142 valence electrons. The molecule has 2 aromatic heterocycles. The predicted octanol–water partition coefficient (Wildman–Crippen LogP) is 0.507. The van der Waals surface area contributed by atoms with Crippen LogP contribution in [0.2, 0.25) is 0 Å². The molecule has 1 amide bonds. The third kappa shape index (κ3) is 3.48. The van der Waals surface area contributed by atoms with Crippen LogP contribution in [-0.4, -0.2) is 25.7 Å². The SMILES string of the molecule is C[C@@H](NC(=O)Cn1c(=O)[nH]c2ccc(F)c(F)c2c1=O)c1ccc(C#N)nn1. The Morgan fingerprint density at radius 1 is 1.29 bits per heavy atom. The lowest BCUT2D eigenvalue weighted by molar-refractivity contribution is -0.122. The molecule has 0 aliphatic heterocycles. The lowest BCUT2D eigenvalue weighted by atomic mass is 10.2. The van der Waals surface area contributed by atoms with E-state index in [0.717, 1.165) is 12.1 Å². The number of nitrogens with one attached hydrogen (secondary N) is 2. The van der Waals surface area contributed by atoms with E-state index >= 15 is 0 Å². The number of hydrogen-bond acceptors (Lipinski definition) is 6. The summed E-state index contributed by atoms with van der Waals surface area (Å²) in [6.07, 6.45) is 0. The number of aromatic nitrogens is 4. The van der Waals surface area contributed by atoms with Gasteiger partial charge in [0.15, 0.2) is 17.3 Å². The van der Waals surface area contributed by atoms with E-state index in [4.69, 9.17) is 5.26 Å².